The van der Waals surface area contributed by atoms with Gasteiger partial charge >= 0.3 is 13.1 Å². The number of nitrogens with two attached hydrogens (primary N) is 1. The lowest BCUT2D eigenvalue weighted by molar-refractivity contribution is -0.154. The molecular weight excluding hydrogens is 781 g/mol. The van der Waals surface area contributed by atoms with Crippen LogP contribution in [0.25, 0.3) is 33.2 Å². The Bertz CT molecular complexity index is 2050. The number of carbonyl (C=O) groups is 1. The summed E-state index contributed by atoms with van der Waals surface area (Å²) in [5.41, 5.74) is 13.8. The van der Waals surface area contributed by atoms with Crippen molar-refractivity contribution < 1.29 is 18.8 Å². The minimum atomic E-state index is -0.433. The predicted octanol–water partition coefficient (Wildman–Crippen LogP) is 8.95. The molecule has 1 saturated heterocycles. The molecule has 4 aromatic carbocycles. The third kappa shape index (κ3) is 10.7. The average molecular weight is 825 g/mol. The fourth-order valence-electron chi connectivity index (χ4n) is 5.09. The van der Waals surface area contributed by atoms with E-state index in [1.54, 1.807) is 0 Å². The Morgan fingerprint density at radius 1 is 0.788 bits per heavy atom. The van der Waals surface area contributed by atoms with E-state index in [4.69, 9.17) is 19.8 Å². The van der Waals surface area contributed by atoms with Crippen LogP contribution < -0.4 is 11.2 Å². The first-order valence-electron chi connectivity index (χ1n) is 16.7. The third-order valence-corrected chi connectivity index (χ3v) is 10.3. The molecule has 9 nitrogen and oxygen atoms in total. The molecule has 6 aromatic rings. The summed E-state index contributed by atoms with van der Waals surface area (Å²) in [5.74, 6) is -0.169. The predicted molar refractivity (Wildman–Crippen MR) is 219 cm³/mol. The van der Waals surface area contributed by atoms with E-state index in [-0.39, 0.29) is 36.7 Å². The van der Waals surface area contributed by atoms with Crippen LogP contribution in [0.4, 0.5) is 0 Å². The van der Waals surface area contributed by atoms with Crippen molar-refractivity contribution in [3.8, 4) is 11.1 Å². The fourth-order valence-corrected chi connectivity index (χ4v) is 6.75. The molecule has 1 aliphatic rings. The summed E-state index contributed by atoms with van der Waals surface area (Å²) in [5, 5.41) is 0. The minimum absolute atomic E-state index is 0. The zero-order valence-electron chi connectivity index (χ0n) is 30.4. The highest BCUT2D eigenvalue weighted by molar-refractivity contribution is 9.10. The molecule has 2 N–H and O–H groups in total. The highest BCUT2D eigenvalue weighted by Gasteiger charge is 2.51. The molecule has 0 bridgehead atoms. The van der Waals surface area contributed by atoms with Crippen LogP contribution in [0.3, 0.4) is 0 Å². The smallest absolute Gasteiger partial charge is 0.460 e. The average Bonchev–Trinajstić information content (AvgIpc) is 3.82. The van der Waals surface area contributed by atoms with Crippen molar-refractivity contribution in [1.29, 1.82) is 0 Å². The third-order valence-electron chi connectivity index (χ3n) is 8.57. The van der Waals surface area contributed by atoms with Gasteiger partial charge in [0.25, 0.3) is 0 Å². The molecule has 2 aromatic heterocycles. The Morgan fingerprint density at radius 3 is 1.88 bits per heavy atom. The maximum atomic E-state index is 11.8. The van der Waals surface area contributed by atoms with E-state index in [1.165, 1.54) is 23.5 Å². The lowest BCUT2D eigenvalue weighted by atomic mass is 9.78. The normalized spacial score (nSPS) is 14.5. The van der Waals surface area contributed by atoms with Crippen LogP contribution >= 0.6 is 51.8 Å². The molecule has 0 radical (unpaired) electrons. The zero-order chi connectivity index (χ0) is 36.8. The number of rotatable bonds is 6. The summed E-state index contributed by atoms with van der Waals surface area (Å²) in [4.78, 5) is 11.8. The molecule has 7 rings (SSSR count). The summed E-state index contributed by atoms with van der Waals surface area (Å²) < 4.78 is 35.2. The van der Waals surface area contributed by atoms with Crippen molar-refractivity contribution in [3.05, 3.63) is 101 Å². The molecule has 0 unspecified atom stereocenters. The van der Waals surface area contributed by atoms with Gasteiger partial charge in [-0.05, 0) is 111 Å². The molecule has 274 valence electrons. The van der Waals surface area contributed by atoms with Gasteiger partial charge in [0.05, 0.1) is 34.7 Å². The second kappa shape index (κ2) is 17.7. The molecule has 1 aliphatic heterocycles. The topological polar surface area (TPSA) is 122 Å². The summed E-state index contributed by atoms with van der Waals surface area (Å²) in [6.45, 7) is 14.4. The number of aromatic nitrogens is 4. The lowest BCUT2D eigenvalue weighted by Crippen LogP contribution is -2.41. The van der Waals surface area contributed by atoms with Crippen LogP contribution in [-0.2, 0) is 31.8 Å². The maximum absolute atomic E-state index is 11.8. The summed E-state index contributed by atoms with van der Waals surface area (Å²) >= 11 is 5.87. The summed E-state index contributed by atoms with van der Waals surface area (Å²) in [6, 6.07) is 28.2. The van der Waals surface area contributed by atoms with Crippen LogP contribution in [0.15, 0.2) is 89.4 Å². The zero-order valence-corrected chi connectivity index (χ0v) is 34.4. The number of benzene rings is 4. The molecular formula is C38H44BBrClN5O4S2. The number of carbonyl (C=O) groups excluding carboxylic acids is 1. The Morgan fingerprint density at radius 2 is 1.33 bits per heavy atom. The quantitative estimate of drug-likeness (QED) is 0.130. The van der Waals surface area contributed by atoms with E-state index in [0.29, 0.717) is 19.4 Å². The van der Waals surface area contributed by atoms with Crippen LogP contribution in [0.2, 0.25) is 0 Å². The van der Waals surface area contributed by atoms with E-state index < -0.39 is 5.60 Å². The maximum Gasteiger partial charge on any atom is 0.494 e. The van der Waals surface area contributed by atoms with Gasteiger partial charge in [-0.3, -0.25) is 4.79 Å². The number of fused-ring (bicyclic) bond motifs is 2. The van der Waals surface area contributed by atoms with Crippen molar-refractivity contribution in [1.82, 2.24) is 17.5 Å². The Hall–Kier alpha value is -3.30. The molecule has 0 spiro atoms. The first-order valence-corrected chi connectivity index (χ1v) is 18.9. The monoisotopic (exact) mass is 823 g/mol. The fraction of sp³-hybridized carbons (Fsp3) is 0.342. The van der Waals surface area contributed by atoms with Gasteiger partial charge in [0.15, 0.2) is 0 Å². The lowest BCUT2D eigenvalue weighted by Gasteiger charge is -2.32. The molecule has 0 amide bonds. The Balaban J connectivity index is 0.000000187. The van der Waals surface area contributed by atoms with Gasteiger partial charge in [-0.25, -0.2) is 0 Å². The number of halogens is 2. The van der Waals surface area contributed by atoms with E-state index >= 15 is 0 Å². The second-order valence-corrected chi connectivity index (χ2v) is 16.0. The number of aryl methyl sites for hydroxylation is 1. The van der Waals surface area contributed by atoms with Gasteiger partial charge in [-0.2, -0.15) is 17.5 Å². The number of esters is 1. The first-order chi connectivity index (χ1) is 24.2. The number of hydrogen-bond acceptors (Lipinski definition) is 11. The molecule has 0 aliphatic carbocycles. The van der Waals surface area contributed by atoms with E-state index in [1.807, 2.05) is 115 Å². The van der Waals surface area contributed by atoms with Gasteiger partial charge in [-0.15, -0.1) is 12.4 Å². The molecule has 0 atom stereocenters. The molecule has 1 fully saturated rings. The van der Waals surface area contributed by atoms with Crippen molar-refractivity contribution >= 4 is 92.4 Å². The second-order valence-electron chi connectivity index (χ2n) is 14.1. The Kier molecular flexibility index (Phi) is 14.1. The molecule has 3 heterocycles. The highest BCUT2D eigenvalue weighted by Crippen LogP contribution is 2.36. The van der Waals surface area contributed by atoms with Crippen LogP contribution in [0.1, 0.15) is 66.0 Å². The van der Waals surface area contributed by atoms with Gasteiger partial charge in [0.1, 0.15) is 27.7 Å². The minimum Gasteiger partial charge on any atom is -0.460 e. The van der Waals surface area contributed by atoms with Crippen molar-refractivity contribution in [2.24, 2.45) is 5.73 Å². The Labute approximate surface area is 329 Å². The van der Waals surface area contributed by atoms with Crippen LogP contribution in [-0.4, -0.2) is 47.4 Å². The van der Waals surface area contributed by atoms with Gasteiger partial charge in [0.2, 0.25) is 0 Å². The SMILES string of the molecule is Brc1cccc2nsnc12.CC(C)(C)OC(=O)CCc1ccc(B2OC(C)(C)C(C)(C)O2)cc1.Cl.NCc1ccc(-c2cccc3nsnc23)cc1. The number of hydrogen-bond donors (Lipinski definition) is 1. The van der Waals surface area contributed by atoms with Crippen molar-refractivity contribution in [2.75, 3.05) is 0 Å². The summed E-state index contributed by atoms with van der Waals surface area (Å²) in [6.07, 6.45) is 1.05. The van der Waals surface area contributed by atoms with Crippen molar-refractivity contribution in [3.63, 3.8) is 0 Å². The molecule has 52 heavy (non-hydrogen) atoms. The number of ether oxygens (including phenoxy) is 1. The first kappa shape index (κ1) is 41.5. The highest BCUT2D eigenvalue weighted by atomic mass is 79.9. The van der Waals surface area contributed by atoms with Crippen molar-refractivity contribution in [2.45, 2.75) is 84.7 Å². The molecule has 14 heteroatoms. The van der Waals surface area contributed by atoms with Crippen LogP contribution in [0, 0.1) is 0 Å². The number of nitrogens with zero attached hydrogens (tertiary/aromatic N) is 4. The van der Waals surface area contributed by atoms with E-state index in [0.717, 1.165) is 54.3 Å². The van der Waals surface area contributed by atoms with Gasteiger partial charge in [-0.1, -0.05) is 66.7 Å². The largest absolute Gasteiger partial charge is 0.494 e. The summed E-state index contributed by atoms with van der Waals surface area (Å²) in [7, 11) is -0.352. The van der Waals surface area contributed by atoms with E-state index in [9.17, 15) is 4.79 Å². The van der Waals surface area contributed by atoms with Crippen LogP contribution in [0.5, 0.6) is 0 Å². The standard InChI is InChI=1S/C19H29BO4.C13H11N3S.C6H3BrN2S.ClH/c1-17(2,3)22-16(21)13-10-14-8-11-15(12-9-14)20-23-18(4,5)19(6,7)24-20;14-8-9-4-6-10(7-5-9)11-2-1-3-12-13(11)16-17-15-12;7-4-2-1-3-5-6(4)9-10-8-5;/h8-9,11-12H,10,13H2,1-7H3;1-7H,8,14H2;1-3H;1H. The van der Waals surface area contributed by atoms with E-state index in [2.05, 4.69) is 51.6 Å². The molecule has 0 saturated carbocycles. The van der Waals surface area contributed by atoms with Gasteiger partial charge in [0, 0.05) is 23.0 Å². The van der Waals surface area contributed by atoms with Gasteiger partial charge < -0.3 is 19.8 Å².